The number of likely N-dealkylation sites (tertiary alicyclic amines) is 1. The SMILES string of the molecule is Cc1ccccc1N(C(=O)N1CC(c2cc(F)ccc2F)=C[C@H]1CO)[C@@H]1CCN(C)C[C@H]1F. The third-order valence-electron chi connectivity index (χ3n) is 6.46. The second kappa shape index (κ2) is 9.57. The third kappa shape index (κ3) is 4.63. The lowest BCUT2D eigenvalue weighted by Crippen LogP contribution is -2.58. The predicted molar refractivity (Wildman–Crippen MR) is 122 cm³/mol. The van der Waals surface area contributed by atoms with Gasteiger partial charge in [0, 0.05) is 30.9 Å². The molecule has 2 aromatic carbocycles. The number of hydrogen-bond donors (Lipinski definition) is 1. The molecule has 0 radical (unpaired) electrons. The molecule has 2 aliphatic heterocycles. The normalized spacial score (nSPS) is 23.5. The summed E-state index contributed by atoms with van der Waals surface area (Å²) >= 11 is 0. The van der Waals surface area contributed by atoms with Gasteiger partial charge in [-0.05, 0) is 55.8 Å². The van der Waals surface area contributed by atoms with Gasteiger partial charge >= 0.3 is 6.03 Å². The fraction of sp³-hybridized carbons (Fsp3) is 0.400. The number of para-hydroxylation sites is 1. The van der Waals surface area contributed by atoms with Crippen molar-refractivity contribution in [2.24, 2.45) is 0 Å². The molecule has 4 rings (SSSR count). The van der Waals surface area contributed by atoms with Crippen LogP contribution >= 0.6 is 0 Å². The predicted octanol–water partition coefficient (Wildman–Crippen LogP) is 4.00. The fourth-order valence-corrected chi connectivity index (χ4v) is 4.69. The minimum Gasteiger partial charge on any atom is -0.394 e. The van der Waals surface area contributed by atoms with Crippen molar-refractivity contribution >= 4 is 17.3 Å². The second-order valence-electron chi connectivity index (χ2n) is 8.77. The maximum atomic E-state index is 15.2. The number of aliphatic hydroxyl groups excluding tert-OH is 1. The van der Waals surface area contributed by atoms with E-state index in [0.717, 1.165) is 23.8 Å². The molecule has 0 unspecified atom stereocenters. The summed E-state index contributed by atoms with van der Waals surface area (Å²) in [6, 6.07) is 8.56. The number of anilines is 1. The number of carbonyl (C=O) groups excluding carboxylic acids is 1. The summed E-state index contributed by atoms with van der Waals surface area (Å²) in [7, 11) is 1.84. The van der Waals surface area contributed by atoms with Crippen LogP contribution in [0, 0.1) is 18.6 Å². The van der Waals surface area contributed by atoms with Gasteiger partial charge in [0.2, 0.25) is 0 Å². The number of aliphatic hydroxyl groups is 1. The lowest BCUT2D eigenvalue weighted by atomic mass is 10.00. The van der Waals surface area contributed by atoms with Crippen molar-refractivity contribution in [1.82, 2.24) is 9.80 Å². The van der Waals surface area contributed by atoms with Crippen LogP contribution < -0.4 is 4.90 Å². The molecule has 0 aromatic heterocycles. The molecule has 1 saturated heterocycles. The molecule has 0 aliphatic carbocycles. The molecule has 33 heavy (non-hydrogen) atoms. The minimum absolute atomic E-state index is 0.0175. The number of benzene rings is 2. The first-order valence-electron chi connectivity index (χ1n) is 11.0. The van der Waals surface area contributed by atoms with E-state index in [0.29, 0.717) is 24.2 Å². The molecule has 0 spiro atoms. The molecule has 2 heterocycles. The van der Waals surface area contributed by atoms with Crippen LogP contribution in [0.3, 0.4) is 0 Å². The van der Waals surface area contributed by atoms with Gasteiger partial charge in [-0.3, -0.25) is 4.90 Å². The molecule has 2 aliphatic rings. The summed E-state index contributed by atoms with van der Waals surface area (Å²) in [6.45, 7) is 2.30. The van der Waals surface area contributed by atoms with E-state index in [4.69, 9.17) is 0 Å². The van der Waals surface area contributed by atoms with Crippen molar-refractivity contribution in [3.63, 3.8) is 0 Å². The van der Waals surface area contributed by atoms with Crippen molar-refractivity contribution in [2.45, 2.75) is 31.6 Å². The zero-order valence-corrected chi connectivity index (χ0v) is 18.7. The van der Waals surface area contributed by atoms with Crippen LogP contribution in [-0.2, 0) is 0 Å². The van der Waals surface area contributed by atoms with E-state index in [1.165, 1.54) is 9.80 Å². The van der Waals surface area contributed by atoms with Gasteiger partial charge in [-0.2, -0.15) is 0 Å². The lowest BCUT2D eigenvalue weighted by Gasteiger charge is -2.42. The van der Waals surface area contributed by atoms with Gasteiger partial charge < -0.3 is 14.9 Å². The number of halogens is 3. The highest BCUT2D eigenvalue weighted by Crippen LogP contribution is 2.33. The van der Waals surface area contributed by atoms with E-state index >= 15 is 4.39 Å². The van der Waals surface area contributed by atoms with Crippen LogP contribution in [0.25, 0.3) is 5.57 Å². The van der Waals surface area contributed by atoms with Gasteiger partial charge in [-0.15, -0.1) is 0 Å². The van der Waals surface area contributed by atoms with Gasteiger partial charge in [-0.25, -0.2) is 18.0 Å². The van der Waals surface area contributed by atoms with Crippen molar-refractivity contribution in [2.75, 3.05) is 38.2 Å². The number of aryl methyl sites for hydroxylation is 1. The first kappa shape index (κ1) is 23.3. The zero-order chi connectivity index (χ0) is 23.7. The van der Waals surface area contributed by atoms with Gasteiger partial charge in [0.05, 0.1) is 18.7 Å². The van der Waals surface area contributed by atoms with Gasteiger partial charge in [-0.1, -0.05) is 24.3 Å². The summed E-state index contributed by atoms with van der Waals surface area (Å²) in [5.41, 5.74) is 1.88. The van der Waals surface area contributed by atoms with Crippen LogP contribution in [0.5, 0.6) is 0 Å². The van der Waals surface area contributed by atoms with E-state index < -0.39 is 35.9 Å². The van der Waals surface area contributed by atoms with Crippen molar-refractivity contribution < 1.29 is 23.1 Å². The molecule has 0 bridgehead atoms. The maximum absolute atomic E-state index is 15.2. The largest absolute Gasteiger partial charge is 0.394 e. The van der Waals surface area contributed by atoms with Crippen molar-refractivity contribution in [3.8, 4) is 0 Å². The number of amides is 2. The molecule has 8 heteroatoms. The number of piperidine rings is 1. The second-order valence-corrected chi connectivity index (χ2v) is 8.77. The van der Waals surface area contributed by atoms with E-state index in [1.54, 1.807) is 18.2 Å². The highest BCUT2D eigenvalue weighted by Gasteiger charge is 2.41. The van der Waals surface area contributed by atoms with E-state index in [1.807, 2.05) is 31.0 Å². The first-order valence-corrected chi connectivity index (χ1v) is 11.0. The average molecular weight is 460 g/mol. The molecular weight excluding hydrogens is 431 g/mol. The molecule has 1 fully saturated rings. The van der Waals surface area contributed by atoms with Crippen LogP contribution in [0.1, 0.15) is 17.5 Å². The Morgan fingerprint density at radius 2 is 1.97 bits per heavy atom. The van der Waals surface area contributed by atoms with E-state index in [2.05, 4.69) is 0 Å². The number of rotatable bonds is 4. The molecule has 5 nitrogen and oxygen atoms in total. The monoisotopic (exact) mass is 459 g/mol. The number of urea groups is 1. The Morgan fingerprint density at radius 3 is 2.67 bits per heavy atom. The van der Waals surface area contributed by atoms with E-state index in [-0.39, 0.29) is 25.3 Å². The Morgan fingerprint density at radius 1 is 1.21 bits per heavy atom. The van der Waals surface area contributed by atoms with Crippen molar-refractivity contribution in [1.29, 1.82) is 0 Å². The molecule has 3 atom stereocenters. The van der Waals surface area contributed by atoms with Crippen LogP contribution in [0.2, 0.25) is 0 Å². The highest BCUT2D eigenvalue weighted by molar-refractivity contribution is 5.96. The molecular formula is C25H28F3N3O2. The third-order valence-corrected chi connectivity index (χ3v) is 6.46. The molecule has 1 N–H and O–H groups in total. The average Bonchev–Trinajstić information content (AvgIpc) is 3.22. The quantitative estimate of drug-likeness (QED) is 0.752. The Kier molecular flexibility index (Phi) is 6.76. The number of nitrogens with zero attached hydrogens (tertiary/aromatic N) is 3. The molecule has 2 amide bonds. The molecule has 176 valence electrons. The summed E-state index contributed by atoms with van der Waals surface area (Å²) in [5.74, 6) is -1.20. The Balaban J connectivity index is 1.69. The summed E-state index contributed by atoms with van der Waals surface area (Å²) in [6.07, 6.45) is 0.775. The van der Waals surface area contributed by atoms with Gasteiger partial charge in [0.15, 0.2) is 0 Å². The summed E-state index contributed by atoms with van der Waals surface area (Å²) in [5, 5.41) is 9.97. The van der Waals surface area contributed by atoms with Gasteiger partial charge in [0.1, 0.15) is 17.8 Å². The topological polar surface area (TPSA) is 47.0 Å². The standard InChI is InChI=1S/C25H28F3N3O2/c1-16-5-3-4-6-23(16)31(24-9-10-29(2)14-22(24)28)25(33)30-13-17(11-19(30)15-32)20-12-18(26)7-8-21(20)27/h3-8,11-12,19,22,24,32H,9-10,13-15H2,1-2H3/t19-,22+,24+/m0/s1. The molecule has 2 aromatic rings. The molecule has 0 saturated carbocycles. The van der Waals surface area contributed by atoms with Crippen LogP contribution in [-0.4, -0.2) is 72.5 Å². The Bertz CT molecular complexity index is 1060. The summed E-state index contributed by atoms with van der Waals surface area (Å²) < 4.78 is 43.4. The van der Waals surface area contributed by atoms with Crippen LogP contribution in [0.4, 0.5) is 23.7 Å². The number of alkyl halides is 1. The number of hydrogen-bond acceptors (Lipinski definition) is 3. The highest BCUT2D eigenvalue weighted by atomic mass is 19.1. The zero-order valence-electron chi connectivity index (χ0n) is 18.7. The fourth-order valence-electron chi connectivity index (χ4n) is 4.69. The minimum atomic E-state index is -1.25. The maximum Gasteiger partial charge on any atom is 0.325 e. The number of carbonyl (C=O) groups is 1. The lowest BCUT2D eigenvalue weighted by molar-refractivity contribution is 0.128. The van der Waals surface area contributed by atoms with Crippen LogP contribution in [0.15, 0.2) is 48.5 Å². The Hall–Kier alpha value is -2.84. The van der Waals surface area contributed by atoms with Crippen molar-refractivity contribution in [3.05, 3.63) is 71.3 Å². The Labute approximate surface area is 191 Å². The van der Waals surface area contributed by atoms with Gasteiger partial charge in [0.25, 0.3) is 0 Å². The van der Waals surface area contributed by atoms with E-state index in [9.17, 15) is 18.7 Å². The summed E-state index contributed by atoms with van der Waals surface area (Å²) in [4.78, 5) is 18.7. The first-order chi connectivity index (χ1) is 15.8. The smallest absolute Gasteiger partial charge is 0.325 e.